The lowest BCUT2D eigenvalue weighted by molar-refractivity contribution is -0.0224. The predicted molar refractivity (Wildman–Crippen MR) is 79.6 cm³/mol. The van der Waals surface area contributed by atoms with E-state index in [1.807, 2.05) is 13.1 Å². The summed E-state index contributed by atoms with van der Waals surface area (Å²) in [4.78, 5) is 0.242. The van der Waals surface area contributed by atoms with E-state index in [-0.39, 0.29) is 23.4 Å². The number of rotatable bonds is 7. The molecule has 21 heavy (non-hydrogen) atoms. The summed E-state index contributed by atoms with van der Waals surface area (Å²) in [5.74, 6) is 0.627. The molecule has 1 aromatic rings. The smallest absolute Gasteiger partial charge is 0.180 e. The summed E-state index contributed by atoms with van der Waals surface area (Å²) < 4.78 is 29.8. The highest BCUT2D eigenvalue weighted by Crippen LogP contribution is 2.29. The van der Waals surface area contributed by atoms with Crippen LogP contribution in [0.1, 0.15) is 18.4 Å². The molecule has 0 unspecified atom stereocenters. The Morgan fingerprint density at radius 2 is 2.00 bits per heavy atom. The minimum atomic E-state index is -3.34. The second-order valence-electron chi connectivity index (χ2n) is 5.34. The molecule has 1 saturated carbocycles. The zero-order valence-corrected chi connectivity index (χ0v) is 12.9. The number of ether oxygens (including phenoxy) is 1. The molecule has 0 saturated heterocycles. The number of hydrogen-bond donors (Lipinski definition) is 1. The Kier molecular flexibility index (Phi) is 5.34. The van der Waals surface area contributed by atoms with E-state index in [4.69, 9.17) is 10.00 Å². The van der Waals surface area contributed by atoms with Crippen LogP contribution in [0.2, 0.25) is 0 Å². The Bertz CT molecular complexity index is 599. The van der Waals surface area contributed by atoms with Crippen molar-refractivity contribution in [1.29, 1.82) is 5.26 Å². The van der Waals surface area contributed by atoms with Gasteiger partial charge in [0.1, 0.15) is 0 Å². The van der Waals surface area contributed by atoms with Crippen LogP contribution in [-0.4, -0.2) is 40.5 Å². The molecule has 114 valence electrons. The van der Waals surface area contributed by atoms with Crippen molar-refractivity contribution in [3.8, 4) is 6.07 Å². The molecule has 6 heteroatoms. The molecule has 2 rings (SSSR count). The molecule has 0 heterocycles. The molecule has 1 aromatic carbocycles. The summed E-state index contributed by atoms with van der Waals surface area (Å²) in [5, 5.41) is 11.8. The van der Waals surface area contributed by atoms with E-state index in [1.54, 1.807) is 0 Å². The SMILES string of the molecule is CNCC1CC(OCCS(=O)(=O)c2ccc(C#N)cc2)C1. The van der Waals surface area contributed by atoms with E-state index in [0.29, 0.717) is 11.5 Å². The van der Waals surface area contributed by atoms with Crippen LogP contribution in [0.25, 0.3) is 0 Å². The molecule has 0 aliphatic heterocycles. The quantitative estimate of drug-likeness (QED) is 0.822. The van der Waals surface area contributed by atoms with Crippen molar-refractivity contribution >= 4 is 9.84 Å². The van der Waals surface area contributed by atoms with Gasteiger partial charge in [0.2, 0.25) is 0 Å². The van der Waals surface area contributed by atoms with E-state index < -0.39 is 9.84 Å². The summed E-state index contributed by atoms with van der Waals surface area (Å²) in [5.41, 5.74) is 0.454. The molecule has 1 fully saturated rings. The van der Waals surface area contributed by atoms with Gasteiger partial charge >= 0.3 is 0 Å². The number of nitrogens with one attached hydrogen (secondary N) is 1. The highest BCUT2D eigenvalue weighted by molar-refractivity contribution is 7.91. The number of benzene rings is 1. The number of nitrogens with zero attached hydrogens (tertiary/aromatic N) is 1. The van der Waals surface area contributed by atoms with E-state index in [0.717, 1.165) is 19.4 Å². The maximum absolute atomic E-state index is 12.1. The van der Waals surface area contributed by atoms with Crippen LogP contribution in [-0.2, 0) is 14.6 Å². The van der Waals surface area contributed by atoms with Gasteiger partial charge in [0, 0.05) is 0 Å². The third-order valence-electron chi connectivity index (χ3n) is 3.73. The number of sulfone groups is 1. The molecule has 1 aliphatic carbocycles. The lowest BCUT2D eigenvalue weighted by atomic mass is 9.82. The van der Waals surface area contributed by atoms with Crippen molar-refractivity contribution in [2.45, 2.75) is 23.8 Å². The fourth-order valence-electron chi connectivity index (χ4n) is 2.45. The molecule has 0 bridgehead atoms. The predicted octanol–water partition coefficient (Wildman–Crippen LogP) is 1.35. The van der Waals surface area contributed by atoms with Gasteiger partial charge in [0.15, 0.2) is 9.84 Å². The second-order valence-corrected chi connectivity index (χ2v) is 7.45. The van der Waals surface area contributed by atoms with Gasteiger partial charge in [-0.2, -0.15) is 5.26 Å². The minimum Gasteiger partial charge on any atom is -0.377 e. The van der Waals surface area contributed by atoms with Crippen LogP contribution in [0, 0.1) is 17.2 Å². The Balaban J connectivity index is 1.78. The van der Waals surface area contributed by atoms with Gasteiger partial charge in [-0.05, 0) is 56.6 Å². The van der Waals surface area contributed by atoms with Gasteiger partial charge < -0.3 is 10.1 Å². The zero-order valence-electron chi connectivity index (χ0n) is 12.1. The first-order valence-electron chi connectivity index (χ1n) is 7.04. The van der Waals surface area contributed by atoms with Crippen LogP contribution in [0.3, 0.4) is 0 Å². The highest BCUT2D eigenvalue weighted by atomic mass is 32.2. The first kappa shape index (κ1) is 16.0. The normalized spacial score (nSPS) is 21.5. The van der Waals surface area contributed by atoms with Gasteiger partial charge in [-0.25, -0.2) is 8.42 Å². The second kappa shape index (κ2) is 7.03. The largest absolute Gasteiger partial charge is 0.377 e. The summed E-state index contributed by atoms with van der Waals surface area (Å²) >= 11 is 0. The van der Waals surface area contributed by atoms with Crippen LogP contribution >= 0.6 is 0 Å². The fraction of sp³-hybridized carbons (Fsp3) is 0.533. The standard InChI is InChI=1S/C15H20N2O3S/c1-17-11-13-8-14(9-13)20-6-7-21(18,19)15-4-2-12(10-16)3-5-15/h2-5,13-14,17H,6-9,11H2,1H3. The Labute approximate surface area is 125 Å². The van der Waals surface area contributed by atoms with Crippen molar-refractivity contribution in [2.24, 2.45) is 5.92 Å². The highest BCUT2D eigenvalue weighted by Gasteiger charge is 2.29. The van der Waals surface area contributed by atoms with E-state index >= 15 is 0 Å². The molecular weight excluding hydrogens is 288 g/mol. The maximum Gasteiger partial charge on any atom is 0.180 e. The van der Waals surface area contributed by atoms with Crippen molar-refractivity contribution < 1.29 is 13.2 Å². The Morgan fingerprint density at radius 1 is 1.33 bits per heavy atom. The molecule has 0 atom stereocenters. The summed E-state index contributed by atoms with van der Waals surface area (Å²) in [6.45, 7) is 1.21. The van der Waals surface area contributed by atoms with Crippen molar-refractivity contribution in [3.05, 3.63) is 29.8 Å². The Morgan fingerprint density at radius 3 is 2.57 bits per heavy atom. The molecule has 5 nitrogen and oxygen atoms in total. The van der Waals surface area contributed by atoms with Gasteiger partial charge in [0.05, 0.1) is 35.0 Å². The minimum absolute atomic E-state index is 0.0217. The Hall–Kier alpha value is -1.42. The van der Waals surface area contributed by atoms with E-state index in [1.165, 1.54) is 24.3 Å². The molecule has 1 aliphatic rings. The van der Waals surface area contributed by atoms with Gasteiger partial charge in [0.25, 0.3) is 0 Å². The summed E-state index contributed by atoms with van der Waals surface area (Å²) in [6.07, 6.45) is 2.19. The lowest BCUT2D eigenvalue weighted by Crippen LogP contribution is -2.37. The lowest BCUT2D eigenvalue weighted by Gasteiger charge is -2.35. The monoisotopic (exact) mass is 308 g/mol. The van der Waals surface area contributed by atoms with Crippen LogP contribution in [0.15, 0.2) is 29.2 Å². The maximum atomic E-state index is 12.1. The topological polar surface area (TPSA) is 79.2 Å². The number of hydrogen-bond acceptors (Lipinski definition) is 5. The van der Waals surface area contributed by atoms with Gasteiger partial charge in [-0.15, -0.1) is 0 Å². The van der Waals surface area contributed by atoms with Crippen molar-refractivity contribution in [1.82, 2.24) is 5.32 Å². The molecule has 0 spiro atoms. The van der Waals surface area contributed by atoms with E-state index in [2.05, 4.69) is 5.32 Å². The van der Waals surface area contributed by atoms with Crippen molar-refractivity contribution in [3.63, 3.8) is 0 Å². The molecular formula is C15H20N2O3S. The van der Waals surface area contributed by atoms with Gasteiger partial charge in [-0.3, -0.25) is 0 Å². The first-order chi connectivity index (χ1) is 10.0. The van der Waals surface area contributed by atoms with Gasteiger partial charge in [-0.1, -0.05) is 0 Å². The average molecular weight is 308 g/mol. The van der Waals surface area contributed by atoms with Crippen LogP contribution in [0.5, 0.6) is 0 Å². The molecule has 0 radical (unpaired) electrons. The molecule has 0 aromatic heterocycles. The van der Waals surface area contributed by atoms with Crippen LogP contribution < -0.4 is 5.32 Å². The van der Waals surface area contributed by atoms with Crippen LogP contribution in [0.4, 0.5) is 0 Å². The average Bonchev–Trinajstić information content (AvgIpc) is 2.44. The third kappa shape index (κ3) is 4.27. The fourth-order valence-corrected chi connectivity index (χ4v) is 3.55. The molecule has 1 N–H and O–H groups in total. The van der Waals surface area contributed by atoms with E-state index in [9.17, 15) is 8.42 Å². The number of nitriles is 1. The summed E-state index contributed by atoms with van der Waals surface area (Å²) in [7, 11) is -1.41. The zero-order chi connectivity index (χ0) is 15.3. The molecule has 0 amide bonds. The third-order valence-corrected chi connectivity index (χ3v) is 5.43. The van der Waals surface area contributed by atoms with Crippen molar-refractivity contribution in [2.75, 3.05) is 26.0 Å². The summed E-state index contributed by atoms with van der Waals surface area (Å²) in [6, 6.07) is 7.95. The first-order valence-corrected chi connectivity index (χ1v) is 8.69.